The Morgan fingerprint density at radius 3 is 2.30 bits per heavy atom. The Hall–Kier alpha value is -2.69. The third kappa shape index (κ3) is 4.94. The lowest BCUT2D eigenvalue weighted by molar-refractivity contribution is -0.138. The van der Waals surface area contributed by atoms with Gasteiger partial charge >= 0.3 is 6.18 Å². The van der Waals surface area contributed by atoms with E-state index in [1.54, 1.807) is 6.07 Å². The van der Waals surface area contributed by atoms with Gasteiger partial charge in [0.05, 0.1) is 5.56 Å². The highest BCUT2D eigenvalue weighted by molar-refractivity contribution is 5.44. The summed E-state index contributed by atoms with van der Waals surface area (Å²) in [7, 11) is 0. The maximum Gasteiger partial charge on any atom is 0.419 e. The normalized spacial score (nSPS) is 16.3. The minimum atomic E-state index is -4.44. The molecule has 1 unspecified atom stereocenters. The summed E-state index contributed by atoms with van der Waals surface area (Å²) in [6, 6.07) is 1.64. The standard InChI is InChI=1S/C16H20F3N7O/c1-11(20)9-27-14-6-13(23-10-24-14)25-2-4-26(5-3-25)15-21-7-12(8-22-15)16(17,18)19/h6-8,10-11H,2-5,9,20H2,1H3. The number of nitrogens with zero attached hydrogens (tertiary/aromatic N) is 6. The minimum Gasteiger partial charge on any atom is -0.476 e. The molecule has 1 atom stereocenters. The van der Waals surface area contributed by atoms with Crippen LogP contribution in [0.15, 0.2) is 24.8 Å². The van der Waals surface area contributed by atoms with Crippen molar-refractivity contribution in [1.82, 2.24) is 19.9 Å². The minimum absolute atomic E-state index is 0.101. The fourth-order valence-electron chi connectivity index (χ4n) is 2.57. The fourth-order valence-corrected chi connectivity index (χ4v) is 2.57. The molecule has 2 N–H and O–H groups in total. The first-order chi connectivity index (χ1) is 12.8. The molecule has 1 saturated heterocycles. The molecule has 8 nitrogen and oxygen atoms in total. The van der Waals surface area contributed by atoms with Crippen LogP contribution in [0.1, 0.15) is 12.5 Å². The molecule has 0 aliphatic carbocycles. The summed E-state index contributed by atoms with van der Waals surface area (Å²) in [4.78, 5) is 19.9. The zero-order valence-electron chi connectivity index (χ0n) is 14.7. The zero-order chi connectivity index (χ0) is 19.4. The highest BCUT2D eigenvalue weighted by Gasteiger charge is 2.31. The molecule has 2 aromatic rings. The molecule has 146 valence electrons. The lowest BCUT2D eigenvalue weighted by atomic mass is 10.3. The summed E-state index contributed by atoms with van der Waals surface area (Å²) < 4.78 is 43.3. The topological polar surface area (TPSA) is 93.3 Å². The number of nitrogens with two attached hydrogens (primary N) is 1. The summed E-state index contributed by atoms with van der Waals surface area (Å²) in [6.45, 7) is 4.55. The fraction of sp³-hybridized carbons (Fsp3) is 0.500. The van der Waals surface area contributed by atoms with Gasteiger partial charge in [0.25, 0.3) is 0 Å². The summed E-state index contributed by atoms with van der Waals surface area (Å²) in [6.07, 6.45) is -1.40. The van der Waals surface area contributed by atoms with E-state index < -0.39 is 11.7 Å². The lowest BCUT2D eigenvalue weighted by Crippen LogP contribution is -2.47. The average molecular weight is 383 g/mol. The van der Waals surface area contributed by atoms with Gasteiger partial charge in [-0.05, 0) is 6.92 Å². The monoisotopic (exact) mass is 383 g/mol. The maximum absolute atomic E-state index is 12.6. The Morgan fingerprint density at radius 2 is 1.70 bits per heavy atom. The number of halogens is 3. The highest BCUT2D eigenvalue weighted by atomic mass is 19.4. The maximum atomic E-state index is 12.6. The molecule has 0 spiro atoms. The van der Waals surface area contributed by atoms with Crippen molar-refractivity contribution in [2.24, 2.45) is 5.73 Å². The molecule has 3 heterocycles. The van der Waals surface area contributed by atoms with E-state index in [9.17, 15) is 13.2 Å². The molecule has 1 aliphatic rings. The summed E-state index contributed by atoms with van der Waals surface area (Å²) >= 11 is 0. The highest BCUT2D eigenvalue weighted by Crippen LogP contribution is 2.28. The quantitative estimate of drug-likeness (QED) is 0.827. The molecule has 0 amide bonds. The number of aromatic nitrogens is 4. The van der Waals surface area contributed by atoms with Gasteiger partial charge in [0.1, 0.15) is 18.8 Å². The van der Waals surface area contributed by atoms with Gasteiger partial charge in [0.2, 0.25) is 11.8 Å². The number of anilines is 2. The van der Waals surface area contributed by atoms with E-state index >= 15 is 0 Å². The molecule has 1 fully saturated rings. The van der Waals surface area contributed by atoms with E-state index in [0.29, 0.717) is 38.7 Å². The second-order valence-corrected chi connectivity index (χ2v) is 6.25. The average Bonchev–Trinajstić information content (AvgIpc) is 2.66. The third-order valence-corrected chi connectivity index (χ3v) is 3.97. The van der Waals surface area contributed by atoms with Gasteiger partial charge in [-0.1, -0.05) is 0 Å². The van der Waals surface area contributed by atoms with E-state index in [0.717, 1.165) is 18.2 Å². The predicted molar refractivity (Wildman–Crippen MR) is 92.6 cm³/mol. The van der Waals surface area contributed by atoms with Crippen molar-refractivity contribution in [1.29, 1.82) is 0 Å². The van der Waals surface area contributed by atoms with E-state index in [4.69, 9.17) is 10.5 Å². The Balaban J connectivity index is 1.59. The van der Waals surface area contributed by atoms with Crippen molar-refractivity contribution < 1.29 is 17.9 Å². The van der Waals surface area contributed by atoms with Crippen LogP contribution >= 0.6 is 0 Å². The van der Waals surface area contributed by atoms with Gasteiger partial charge in [-0.3, -0.25) is 0 Å². The van der Waals surface area contributed by atoms with Gasteiger partial charge < -0.3 is 20.3 Å². The van der Waals surface area contributed by atoms with Crippen LogP contribution in [0.3, 0.4) is 0 Å². The van der Waals surface area contributed by atoms with Crippen molar-refractivity contribution >= 4 is 11.8 Å². The number of hydrogen-bond acceptors (Lipinski definition) is 8. The summed E-state index contributed by atoms with van der Waals surface area (Å²) in [5.74, 6) is 1.45. The van der Waals surface area contributed by atoms with Crippen molar-refractivity contribution in [3.63, 3.8) is 0 Å². The number of piperazine rings is 1. The first-order valence-corrected chi connectivity index (χ1v) is 8.42. The molecular formula is C16H20F3N7O. The van der Waals surface area contributed by atoms with Gasteiger partial charge in [-0.2, -0.15) is 13.2 Å². The number of hydrogen-bond donors (Lipinski definition) is 1. The molecule has 1 aliphatic heterocycles. The van der Waals surface area contributed by atoms with Crippen LogP contribution in [0.2, 0.25) is 0 Å². The van der Waals surface area contributed by atoms with Crippen LogP contribution in [0.4, 0.5) is 24.9 Å². The van der Waals surface area contributed by atoms with Crippen LogP contribution in [-0.4, -0.2) is 58.8 Å². The number of alkyl halides is 3. The van der Waals surface area contributed by atoms with Crippen molar-refractivity contribution in [3.8, 4) is 5.88 Å². The van der Waals surface area contributed by atoms with Crippen LogP contribution in [-0.2, 0) is 6.18 Å². The van der Waals surface area contributed by atoms with Crippen LogP contribution < -0.4 is 20.3 Å². The third-order valence-electron chi connectivity index (χ3n) is 3.97. The largest absolute Gasteiger partial charge is 0.476 e. The molecule has 2 aromatic heterocycles. The molecule has 0 aromatic carbocycles. The Kier molecular flexibility index (Phi) is 5.59. The first kappa shape index (κ1) is 19.1. The molecule has 0 radical (unpaired) electrons. The van der Waals surface area contributed by atoms with Gasteiger partial charge in [0, 0.05) is 50.7 Å². The summed E-state index contributed by atoms with van der Waals surface area (Å²) in [5, 5.41) is 0. The molecule has 0 bridgehead atoms. The zero-order valence-corrected chi connectivity index (χ0v) is 14.7. The van der Waals surface area contributed by atoms with Crippen molar-refractivity contribution in [3.05, 3.63) is 30.4 Å². The molecule has 11 heteroatoms. The molecule has 3 rings (SSSR count). The van der Waals surface area contributed by atoms with E-state index in [1.165, 1.54) is 6.33 Å². The van der Waals surface area contributed by atoms with E-state index in [2.05, 4.69) is 19.9 Å². The number of ether oxygens (including phenoxy) is 1. The van der Waals surface area contributed by atoms with Crippen molar-refractivity contribution in [2.45, 2.75) is 19.1 Å². The van der Waals surface area contributed by atoms with Crippen LogP contribution in [0.25, 0.3) is 0 Å². The lowest BCUT2D eigenvalue weighted by Gasteiger charge is -2.35. The van der Waals surface area contributed by atoms with Gasteiger partial charge in [-0.15, -0.1) is 0 Å². The second kappa shape index (κ2) is 7.91. The first-order valence-electron chi connectivity index (χ1n) is 8.42. The SMILES string of the molecule is CC(N)COc1cc(N2CCN(c3ncc(C(F)(F)F)cn3)CC2)ncn1. The Labute approximate surface area is 154 Å². The molecular weight excluding hydrogens is 363 g/mol. The van der Waals surface area contributed by atoms with Crippen LogP contribution in [0, 0.1) is 0 Å². The Bertz CT molecular complexity index is 746. The number of rotatable bonds is 5. The second-order valence-electron chi connectivity index (χ2n) is 6.25. The van der Waals surface area contributed by atoms with Crippen LogP contribution in [0.5, 0.6) is 5.88 Å². The van der Waals surface area contributed by atoms with E-state index in [-0.39, 0.29) is 12.0 Å². The Morgan fingerprint density at radius 1 is 1.07 bits per heavy atom. The summed E-state index contributed by atoms with van der Waals surface area (Å²) in [5.41, 5.74) is 4.81. The van der Waals surface area contributed by atoms with E-state index in [1.807, 2.05) is 16.7 Å². The molecule has 0 saturated carbocycles. The smallest absolute Gasteiger partial charge is 0.419 e. The van der Waals surface area contributed by atoms with Gasteiger partial charge in [0.15, 0.2) is 0 Å². The van der Waals surface area contributed by atoms with Crippen molar-refractivity contribution in [2.75, 3.05) is 42.6 Å². The predicted octanol–water partition coefficient (Wildman–Crippen LogP) is 1.34. The van der Waals surface area contributed by atoms with Gasteiger partial charge in [-0.25, -0.2) is 19.9 Å². The molecule has 27 heavy (non-hydrogen) atoms.